The molecular weight excluding hydrogens is 344 g/mol. The van der Waals surface area contributed by atoms with Crippen LogP contribution in [0.15, 0.2) is 36.0 Å². The highest BCUT2D eigenvalue weighted by Crippen LogP contribution is 2.17. The minimum absolute atomic E-state index is 0.0582. The van der Waals surface area contributed by atoms with Gasteiger partial charge in [-0.2, -0.15) is 0 Å². The lowest BCUT2D eigenvalue weighted by Crippen LogP contribution is -2.30. The summed E-state index contributed by atoms with van der Waals surface area (Å²) in [7, 11) is 0. The highest BCUT2D eigenvalue weighted by molar-refractivity contribution is 6.14. The maximum absolute atomic E-state index is 12.0. The van der Waals surface area contributed by atoms with Gasteiger partial charge >= 0.3 is 12.0 Å². The lowest BCUT2D eigenvalue weighted by Gasteiger charge is -2.14. The first-order valence-corrected chi connectivity index (χ1v) is 9.67. The summed E-state index contributed by atoms with van der Waals surface area (Å²) in [4.78, 5) is 37.2. The highest BCUT2D eigenvalue weighted by atomic mass is 16.5. The van der Waals surface area contributed by atoms with Crippen molar-refractivity contribution in [3.8, 4) is 0 Å². The summed E-state index contributed by atoms with van der Waals surface area (Å²) in [5.74, 6) is -0.806. The Balaban J connectivity index is 1.77. The zero-order valence-corrected chi connectivity index (χ0v) is 15.9. The Morgan fingerprint density at radius 1 is 1.07 bits per heavy atom. The molecule has 6 heteroatoms. The normalized spacial score (nSPS) is 15.3. The number of carbonyl (C=O) groups excluding carboxylic acids is 3. The van der Waals surface area contributed by atoms with E-state index in [4.69, 9.17) is 4.74 Å². The third-order valence-electron chi connectivity index (χ3n) is 4.39. The molecule has 146 valence electrons. The molecule has 1 N–H and O–H groups in total. The number of amides is 3. The van der Waals surface area contributed by atoms with Gasteiger partial charge in [0.1, 0.15) is 5.70 Å². The van der Waals surface area contributed by atoms with Crippen molar-refractivity contribution in [2.24, 2.45) is 0 Å². The van der Waals surface area contributed by atoms with Gasteiger partial charge in [0.25, 0.3) is 5.91 Å². The summed E-state index contributed by atoms with van der Waals surface area (Å²) >= 11 is 0. The van der Waals surface area contributed by atoms with E-state index < -0.39 is 11.9 Å². The van der Waals surface area contributed by atoms with Crippen LogP contribution in [0.1, 0.15) is 57.4 Å². The summed E-state index contributed by atoms with van der Waals surface area (Å²) in [5, 5.41) is 2.27. The van der Waals surface area contributed by atoms with Crippen LogP contribution in [-0.2, 0) is 14.3 Å². The lowest BCUT2D eigenvalue weighted by atomic mass is 10.1. The molecule has 1 fully saturated rings. The molecule has 0 spiro atoms. The first-order chi connectivity index (χ1) is 13.1. The van der Waals surface area contributed by atoms with E-state index in [0.29, 0.717) is 6.61 Å². The Morgan fingerprint density at radius 3 is 2.52 bits per heavy atom. The monoisotopic (exact) mass is 372 g/mol. The van der Waals surface area contributed by atoms with E-state index in [1.807, 2.05) is 30.3 Å². The molecule has 0 aliphatic carbocycles. The molecule has 0 bridgehead atoms. The number of imide groups is 1. The zero-order valence-electron chi connectivity index (χ0n) is 15.9. The number of benzene rings is 1. The smallest absolute Gasteiger partial charge is 0.329 e. The Bertz CT molecular complexity index is 670. The average Bonchev–Trinajstić information content (AvgIpc) is 2.93. The maximum Gasteiger partial charge on any atom is 0.329 e. The summed E-state index contributed by atoms with van der Waals surface area (Å²) in [6.07, 6.45) is 8.45. The molecule has 0 atom stereocenters. The fraction of sp³-hybridized carbons (Fsp3) is 0.476. The largest absolute Gasteiger partial charge is 0.466 e. The van der Waals surface area contributed by atoms with Crippen molar-refractivity contribution in [2.45, 2.75) is 51.9 Å². The van der Waals surface area contributed by atoms with Crippen LogP contribution in [-0.4, -0.2) is 36.0 Å². The lowest BCUT2D eigenvalue weighted by molar-refractivity contribution is -0.143. The molecule has 0 aromatic heterocycles. The van der Waals surface area contributed by atoms with Crippen molar-refractivity contribution in [1.29, 1.82) is 0 Å². The Morgan fingerprint density at radius 2 is 1.78 bits per heavy atom. The molecule has 1 aliphatic rings. The van der Waals surface area contributed by atoms with Gasteiger partial charge in [0.15, 0.2) is 0 Å². The molecule has 0 saturated carbocycles. The molecule has 1 aliphatic heterocycles. The van der Waals surface area contributed by atoms with Crippen LogP contribution in [0.4, 0.5) is 4.79 Å². The minimum Gasteiger partial charge on any atom is -0.466 e. The van der Waals surface area contributed by atoms with Gasteiger partial charge in [-0.15, -0.1) is 0 Å². The molecule has 0 radical (unpaired) electrons. The number of urea groups is 1. The molecule has 3 amide bonds. The highest BCUT2D eigenvalue weighted by Gasteiger charge is 2.33. The molecule has 1 heterocycles. The number of hydrogen-bond donors (Lipinski definition) is 1. The van der Waals surface area contributed by atoms with Gasteiger partial charge in [0, 0.05) is 6.54 Å². The van der Waals surface area contributed by atoms with Gasteiger partial charge in [-0.1, -0.05) is 69.4 Å². The van der Waals surface area contributed by atoms with E-state index in [9.17, 15) is 14.4 Å². The molecule has 1 aromatic carbocycles. The predicted octanol–water partition coefficient (Wildman–Crippen LogP) is 3.87. The molecule has 2 rings (SSSR count). The van der Waals surface area contributed by atoms with Crippen molar-refractivity contribution in [3.63, 3.8) is 0 Å². The topological polar surface area (TPSA) is 75.7 Å². The molecule has 6 nitrogen and oxygen atoms in total. The van der Waals surface area contributed by atoms with Crippen molar-refractivity contribution in [2.75, 3.05) is 13.2 Å². The SMILES string of the molecule is CCCCCCCCOC(=O)CCN1C(=O)NC(=O)C1=Cc1ccccc1. The number of nitrogens with one attached hydrogen (secondary N) is 1. The van der Waals surface area contributed by atoms with Gasteiger partial charge in [0.2, 0.25) is 0 Å². The number of carbonyl (C=O) groups is 3. The van der Waals surface area contributed by atoms with Crippen LogP contribution >= 0.6 is 0 Å². The van der Waals surface area contributed by atoms with Crippen LogP contribution in [0, 0.1) is 0 Å². The van der Waals surface area contributed by atoms with Crippen LogP contribution in [0.2, 0.25) is 0 Å². The number of unbranched alkanes of at least 4 members (excludes halogenated alkanes) is 5. The first-order valence-electron chi connectivity index (χ1n) is 9.67. The Hall–Kier alpha value is -2.63. The van der Waals surface area contributed by atoms with Crippen LogP contribution < -0.4 is 5.32 Å². The predicted molar refractivity (Wildman–Crippen MR) is 104 cm³/mol. The van der Waals surface area contributed by atoms with E-state index in [2.05, 4.69) is 12.2 Å². The van der Waals surface area contributed by atoms with Gasteiger partial charge in [-0.3, -0.25) is 19.8 Å². The van der Waals surface area contributed by atoms with E-state index in [0.717, 1.165) is 24.8 Å². The second-order valence-corrected chi connectivity index (χ2v) is 6.59. The third-order valence-corrected chi connectivity index (χ3v) is 4.39. The van der Waals surface area contributed by atoms with Crippen LogP contribution in [0.5, 0.6) is 0 Å². The maximum atomic E-state index is 12.0. The van der Waals surface area contributed by atoms with Gasteiger partial charge in [-0.05, 0) is 18.1 Å². The van der Waals surface area contributed by atoms with Crippen molar-refractivity contribution < 1.29 is 19.1 Å². The van der Waals surface area contributed by atoms with Gasteiger partial charge < -0.3 is 4.74 Å². The molecule has 0 unspecified atom stereocenters. The molecule has 1 saturated heterocycles. The van der Waals surface area contributed by atoms with Crippen LogP contribution in [0.3, 0.4) is 0 Å². The van der Waals surface area contributed by atoms with Gasteiger partial charge in [-0.25, -0.2) is 4.79 Å². The summed E-state index contributed by atoms with van der Waals surface area (Å²) < 4.78 is 5.22. The summed E-state index contributed by atoms with van der Waals surface area (Å²) in [6, 6.07) is 8.76. The zero-order chi connectivity index (χ0) is 19.5. The second kappa shape index (κ2) is 11.2. The standard InChI is InChI=1S/C21H28N2O4/c1-2-3-4-5-6-10-15-27-19(24)13-14-23-18(20(25)22-21(23)26)16-17-11-8-7-9-12-17/h7-9,11-12,16H,2-6,10,13-15H2,1H3,(H,22,25,26). The molecule has 27 heavy (non-hydrogen) atoms. The van der Waals surface area contributed by atoms with E-state index in [-0.39, 0.29) is 24.6 Å². The third kappa shape index (κ3) is 6.89. The fourth-order valence-corrected chi connectivity index (χ4v) is 2.88. The van der Waals surface area contributed by atoms with Crippen LogP contribution in [0.25, 0.3) is 6.08 Å². The first kappa shape index (κ1) is 20.7. The average molecular weight is 372 g/mol. The molecular formula is C21H28N2O4. The molecule has 1 aromatic rings. The van der Waals surface area contributed by atoms with Gasteiger partial charge in [0.05, 0.1) is 13.0 Å². The summed E-state index contributed by atoms with van der Waals surface area (Å²) in [6.45, 7) is 2.70. The van der Waals surface area contributed by atoms with E-state index in [1.165, 1.54) is 24.2 Å². The van der Waals surface area contributed by atoms with E-state index >= 15 is 0 Å². The quantitative estimate of drug-likeness (QED) is 0.277. The van der Waals surface area contributed by atoms with Crippen molar-refractivity contribution >= 4 is 24.0 Å². The fourth-order valence-electron chi connectivity index (χ4n) is 2.88. The van der Waals surface area contributed by atoms with E-state index in [1.54, 1.807) is 6.08 Å². The number of nitrogens with zero attached hydrogens (tertiary/aromatic N) is 1. The van der Waals surface area contributed by atoms with Crippen molar-refractivity contribution in [1.82, 2.24) is 10.2 Å². The van der Waals surface area contributed by atoms with Crippen molar-refractivity contribution in [3.05, 3.63) is 41.6 Å². The number of ether oxygens (including phenoxy) is 1. The number of hydrogen-bond acceptors (Lipinski definition) is 4. The summed E-state index contributed by atoms with van der Waals surface area (Å²) in [5.41, 5.74) is 1.06. The minimum atomic E-state index is -0.508. The number of rotatable bonds is 11. The second-order valence-electron chi connectivity index (χ2n) is 6.59. The Kier molecular flexibility index (Phi) is 8.55. The Labute approximate surface area is 160 Å². The number of esters is 1.